The Labute approximate surface area is 125 Å². The van der Waals surface area contributed by atoms with Crippen LogP contribution in [0.1, 0.15) is 9.67 Å². The number of thiophene rings is 1. The van der Waals surface area contributed by atoms with Gasteiger partial charge in [-0.3, -0.25) is 4.79 Å². The Morgan fingerprint density at radius 2 is 2.10 bits per heavy atom. The number of anilines is 1. The van der Waals surface area contributed by atoms with Crippen molar-refractivity contribution >= 4 is 48.9 Å². The van der Waals surface area contributed by atoms with Crippen LogP contribution in [-0.2, 0) is 0 Å². The summed E-state index contributed by atoms with van der Waals surface area (Å²) in [6.07, 6.45) is -4.43. The third-order valence-corrected chi connectivity index (χ3v) is 4.31. The molecule has 0 radical (unpaired) electrons. The van der Waals surface area contributed by atoms with Gasteiger partial charge in [0.2, 0.25) is 0 Å². The number of halogens is 4. The van der Waals surface area contributed by atoms with Crippen molar-refractivity contribution < 1.29 is 18.0 Å². The summed E-state index contributed by atoms with van der Waals surface area (Å²) >= 11 is 4.38. The summed E-state index contributed by atoms with van der Waals surface area (Å²) in [5.74, 6) is -0.725. The number of fused-ring (bicyclic) bond motifs is 1. The molecule has 0 aliphatic heterocycles. The van der Waals surface area contributed by atoms with Crippen LogP contribution in [0.5, 0.6) is 0 Å². The minimum absolute atomic E-state index is 0.129. The Kier molecular flexibility index (Phi) is 3.97. The zero-order valence-electron chi connectivity index (χ0n) is 10.3. The molecule has 20 heavy (non-hydrogen) atoms. The molecule has 108 valence electrons. The highest BCUT2D eigenvalue weighted by atomic mass is 79.9. The molecule has 8 heteroatoms. The molecule has 1 aromatic carbocycles. The number of carbonyl (C=O) groups is 1. The highest BCUT2D eigenvalue weighted by Crippen LogP contribution is 2.36. The fraction of sp³-hybridized carbons (Fsp3) is 0.250. The maximum Gasteiger partial charge on any atom is 0.406 e. The molecule has 0 unspecified atom stereocenters. The molecule has 2 rings (SSSR count). The Balaban J connectivity index is 2.38. The molecule has 2 aromatic rings. The lowest BCUT2D eigenvalue weighted by atomic mass is 10.2. The van der Waals surface area contributed by atoms with Crippen LogP contribution in [-0.4, -0.2) is 30.6 Å². The van der Waals surface area contributed by atoms with E-state index in [9.17, 15) is 18.0 Å². The average molecular weight is 367 g/mol. The number of benzene rings is 1. The Bertz CT molecular complexity index is 669. The summed E-state index contributed by atoms with van der Waals surface area (Å²) in [4.78, 5) is 12.8. The van der Waals surface area contributed by atoms with E-state index in [1.165, 1.54) is 0 Å². The van der Waals surface area contributed by atoms with Gasteiger partial charge in [-0.15, -0.1) is 11.3 Å². The van der Waals surface area contributed by atoms with E-state index in [4.69, 9.17) is 5.73 Å². The molecule has 0 aliphatic rings. The van der Waals surface area contributed by atoms with Crippen molar-refractivity contribution in [1.29, 1.82) is 0 Å². The second-order valence-electron chi connectivity index (χ2n) is 4.26. The van der Waals surface area contributed by atoms with Crippen LogP contribution in [0.15, 0.2) is 22.7 Å². The number of hydrogen-bond donors (Lipinski definition) is 1. The third-order valence-electron chi connectivity index (χ3n) is 2.65. The van der Waals surface area contributed by atoms with Gasteiger partial charge in [0.15, 0.2) is 0 Å². The maximum atomic E-state index is 12.3. The van der Waals surface area contributed by atoms with Gasteiger partial charge in [-0.25, -0.2) is 0 Å². The maximum absolute atomic E-state index is 12.3. The van der Waals surface area contributed by atoms with Crippen molar-refractivity contribution in [2.45, 2.75) is 6.18 Å². The molecule has 0 atom stereocenters. The summed E-state index contributed by atoms with van der Waals surface area (Å²) in [7, 11) is 1.11. The number of nitrogens with two attached hydrogens (primary N) is 1. The van der Waals surface area contributed by atoms with Crippen LogP contribution >= 0.6 is 27.3 Å². The largest absolute Gasteiger partial charge is 0.406 e. The lowest BCUT2D eigenvalue weighted by Crippen LogP contribution is -2.35. The summed E-state index contributed by atoms with van der Waals surface area (Å²) in [6.45, 7) is -1.30. The number of nitrogens with zero attached hydrogens (tertiary/aromatic N) is 1. The quantitative estimate of drug-likeness (QED) is 0.876. The molecule has 1 heterocycles. The number of amides is 1. The molecular weight excluding hydrogens is 357 g/mol. The van der Waals surface area contributed by atoms with E-state index in [0.717, 1.165) is 27.6 Å². The second kappa shape index (κ2) is 5.25. The Hall–Kier alpha value is -1.28. The van der Waals surface area contributed by atoms with E-state index >= 15 is 0 Å². The van der Waals surface area contributed by atoms with Gasteiger partial charge in [-0.1, -0.05) is 15.9 Å². The van der Waals surface area contributed by atoms with E-state index in [1.807, 2.05) is 0 Å². The smallest absolute Gasteiger partial charge is 0.397 e. The molecule has 2 N–H and O–H groups in total. The van der Waals surface area contributed by atoms with Crippen LogP contribution < -0.4 is 5.73 Å². The predicted molar refractivity (Wildman–Crippen MR) is 77.0 cm³/mol. The Morgan fingerprint density at radius 1 is 1.45 bits per heavy atom. The van der Waals surface area contributed by atoms with E-state index < -0.39 is 18.6 Å². The van der Waals surface area contributed by atoms with E-state index in [1.54, 1.807) is 18.2 Å². The first kappa shape index (κ1) is 15.1. The van der Waals surface area contributed by atoms with Gasteiger partial charge in [-0.2, -0.15) is 13.2 Å². The molecule has 0 fully saturated rings. The molecule has 0 spiro atoms. The van der Waals surface area contributed by atoms with Gasteiger partial charge in [-0.05, 0) is 18.2 Å². The average Bonchev–Trinajstić information content (AvgIpc) is 2.64. The van der Waals surface area contributed by atoms with Crippen molar-refractivity contribution in [3.05, 3.63) is 27.5 Å². The minimum atomic E-state index is -4.43. The molecule has 1 amide bonds. The monoisotopic (exact) mass is 366 g/mol. The SMILES string of the molecule is CN(CC(F)(F)F)C(=O)c1sc2ccc(Br)cc2c1N. The lowest BCUT2D eigenvalue weighted by molar-refractivity contribution is -0.138. The summed E-state index contributed by atoms with van der Waals surface area (Å²) in [6, 6.07) is 5.29. The van der Waals surface area contributed by atoms with Crippen LogP contribution in [0, 0.1) is 0 Å². The number of alkyl halides is 3. The topological polar surface area (TPSA) is 46.3 Å². The van der Waals surface area contributed by atoms with Crippen molar-refractivity contribution in [3.63, 3.8) is 0 Å². The van der Waals surface area contributed by atoms with Gasteiger partial charge in [0, 0.05) is 21.6 Å². The molecule has 0 bridgehead atoms. The van der Waals surface area contributed by atoms with Gasteiger partial charge >= 0.3 is 6.18 Å². The van der Waals surface area contributed by atoms with Crippen molar-refractivity contribution in [2.75, 3.05) is 19.3 Å². The van der Waals surface area contributed by atoms with E-state index in [-0.39, 0.29) is 10.6 Å². The Morgan fingerprint density at radius 3 is 2.70 bits per heavy atom. The zero-order chi connectivity index (χ0) is 15.1. The molecule has 1 aromatic heterocycles. The first-order chi connectivity index (χ1) is 9.19. The van der Waals surface area contributed by atoms with Gasteiger partial charge in [0.25, 0.3) is 5.91 Å². The van der Waals surface area contributed by atoms with Crippen molar-refractivity contribution in [2.24, 2.45) is 0 Å². The van der Waals surface area contributed by atoms with Crippen molar-refractivity contribution in [1.82, 2.24) is 4.90 Å². The summed E-state index contributed by atoms with van der Waals surface area (Å²) in [5, 5.41) is 0.660. The van der Waals surface area contributed by atoms with Gasteiger partial charge < -0.3 is 10.6 Å². The van der Waals surface area contributed by atoms with Gasteiger partial charge in [0.1, 0.15) is 11.4 Å². The molecule has 0 saturated carbocycles. The minimum Gasteiger partial charge on any atom is -0.397 e. The number of rotatable bonds is 2. The van der Waals surface area contributed by atoms with Crippen LogP contribution in [0.4, 0.5) is 18.9 Å². The second-order valence-corrected chi connectivity index (χ2v) is 6.23. The number of carbonyl (C=O) groups excluding carboxylic acids is 1. The molecular formula is C12H10BrF3N2OS. The number of hydrogen-bond acceptors (Lipinski definition) is 3. The van der Waals surface area contributed by atoms with Crippen LogP contribution in [0.2, 0.25) is 0 Å². The standard InChI is InChI=1S/C12H10BrF3N2OS/c1-18(5-12(14,15)16)11(19)10-9(17)7-4-6(13)2-3-8(7)20-10/h2-4H,5,17H2,1H3. The first-order valence-corrected chi connectivity index (χ1v) is 7.10. The third kappa shape index (κ3) is 3.06. The number of nitrogen functional groups attached to an aromatic ring is 1. The zero-order valence-corrected chi connectivity index (χ0v) is 12.7. The lowest BCUT2D eigenvalue weighted by Gasteiger charge is -2.18. The fourth-order valence-corrected chi connectivity index (χ4v) is 3.22. The first-order valence-electron chi connectivity index (χ1n) is 5.49. The van der Waals surface area contributed by atoms with E-state index in [0.29, 0.717) is 10.3 Å². The highest BCUT2D eigenvalue weighted by Gasteiger charge is 2.32. The van der Waals surface area contributed by atoms with Crippen LogP contribution in [0.25, 0.3) is 10.1 Å². The summed E-state index contributed by atoms with van der Waals surface area (Å²) in [5.41, 5.74) is 6.08. The predicted octanol–water partition coefficient (Wildman–Crippen LogP) is 3.88. The van der Waals surface area contributed by atoms with E-state index in [2.05, 4.69) is 15.9 Å². The van der Waals surface area contributed by atoms with Gasteiger partial charge in [0.05, 0.1) is 5.69 Å². The summed E-state index contributed by atoms with van der Waals surface area (Å²) < 4.78 is 38.5. The normalized spacial score (nSPS) is 11.8. The molecule has 0 saturated heterocycles. The highest BCUT2D eigenvalue weighted by molar-refractivity contribution is 9.10. The molecule has 3 nitrogen and oxygen atoms in total. The van der Waals surface area contributed by atoms with Crippen LogP contribution in [0.3, 0.4) is 0 Å². The molecule has 0 aliphatic carbocycles. The van der Waals surface area contributed by atoms with Crippen molar-refractivity contribution in [3.8, 4) is 0 Å². The fourth-order valence-electron chi connectivity index (χ4n) is 1.76.